The second-order valence-corrected chi connectivity index (χ2v) is 2.92. The predicted octanol–water partition coefficient (Wildman–Crippen LogP) is -0.557. The molecule has 12 heavy (non-hydrogen) atoms. The molecule has 0 saturated carbocycles. The van der Waals surface area contributed by atoms with Crippen LogP contribution >= 0.6 is 0 Å². The summed E-state index contributed by atoms with van der Waals surface area (Å²) in [4.78, 5) is 1.42. The highest BCUT2D eigenvalue weighted by atomic mass is 16.3. The van der Waals surface area contributed by atoms with Crippen LogP contribution in [-0.4, -0.2) is 26.6 Å². The van der Waals surface area contributed by atoms with Crippen LogP contribution in [0.25, 0.3) is 0 Å². The smallest absolute Gasteiger partial charge is 0.111 e. The summed E-state index contributed by atoms with van der Waals surface area (Å²) in [6, 6.07) is 0. The molecule has 0 amide bonds. The van der Waals surface area contributed by atoms with Crippen molar-refractivity contribution in [2.45, 2.75) is 13.0 Å². The molecule has 0 aliphatic rings. The van der Waals surface area contributed by atoms with Gasteiger partial charge in [0.15, 0.2) is 0 Å². The van der Waals surface area contributed by atoms with Gasteiger partial charge in [0.05, 0.1) is 6.20 Å². The fraction of sp³-hybridized carbons (Fsp3) is 0.714. The lowest BCUT2D eigenvalue weighted by Gasteiger charge is -2.13. The molecule has 1 rings (SSSR count). The third kappa shape index (κ3) is 1.80. The highest BCUT2D eigenvalue weighted by Crippen LogP contribution is 2.17. The molecule has 1 aromatic heterocycles. The lowest BCUT2D eigenvalue weighted by atomic mass is 10.0. The van der Waals surface area contributed by atoms with E-state index in [0.717, 1.165) is 0 Å². The van der Waals surface area contributed by atoms with Crippen LogP contribution in [0.15, 0.2) is 6.20 Å². The monoisotopic (exact) mass is 170 g/mol. The molecule has 0 aliphatic heterocycles. The van der Waals surface area contributed by atoms with Gasteiger partial charge in [-0.2, -0.15) is 15.0 Å². The molecule has 0 bridgehead atoms. The van der Waals surface area contributed by atoms with Gasteiger partial charge in [0.2, 0.25) is 0 Å². The Morgan fingerprint density at radius 3 is 2.83 bits per heavy atom. The summed E-state index contributed by atoms with van der Waals surface area (Å²) in [7, 11) is 1.71. The van der Waals surface area contributed by atoms with Gasteiger partial charge >= 0.3 is 0 Å². The zero-order chi connectivity index (χ0) is 9.14. The first-order chi connectivity index (χ1) is 5.65. The molecule has 5 heteroatoms. The molecule has 2 atom stereocenters. The maximum Gasteiger partial charge on any atom is 0.111 e. The predicted molar refractivity (Wildman–Crippen MR) is 44.2 cm³/mol. The van der Waals surface area contributed by atoms with E-state index in [1.54, 1.807) is 13.2 Å². The zero-order valence-corrected chi connectivity index (χ0v) is 7.31. The summed E-state index contributed by atoms with van der Waals surface area (Å²) in [6.07, 6.45) is 0.945. The van der Waals surface area contributed by atoms with Crippen molar-refractivity contribution in [2.24, 2.45) is 18.7 Å². The van der Waals surface area contributed by atoms with E-state index in [0.29, 0.717) is 12.2 Å². The van der Waals surface area contributed by atoms with Crippen LogP contribution in [-0.2, 0) is 7.05 Å². The van der Waals surface area contributed by atoms with Crippen LogP contribution < -0.4 is 5.73 Å². The van der Waals surface area contributed by atoms with Crippen molar-refractivity contribution in [3.8, 4) is 0 Å². The topological polar surface area (TPSA) is 77.0 Å². The van der Waals surface area contributed by atoms with E-state index in [2.05, 4.69) is 10.2 Å². The standard InChI is InChI=1S/C7H14N4O/c1-5(3-8)7(12)6-4-9-11(2)10-6/h4-5,7,12H,3,8H2,1-2H3. The average molecular weight is 170 g/mol. The van der Waals surface area contributed by atoms with Crippen LogP contribution in [0.4, 0.5) is 0 Å². The number of aliphatic hydroxyl groups is 1. The van der Waals surface area contributed by atoms with E-state index in [1.807, 2.05) is 6.92 Å². The third-order valence-electron chi connectivity index (χ3n) is 1.83. The molecule has 0 fully saturated rings. The van der Waals surface area contributed by atoms with Crippen LogP contribution in [0.3, 0.4) is 0 Å². The van der Waals surface area contributed by atoms with Gasteiger partial charge in [0.1, 0.15) is 11.8 Å². The molecular formula is C7H14N4O. The Balaban J connectivity index is 2.70. The molecule has 0 spiro atoms. The van der Waals surface area contributed by atoms with Gasteiger partial charge in [-0.05, 0) is 6.54 Å². The molecule has 0 saturated heterocycles. The van der Waals surface area contributed by atoms with Crippen molar-refractivity contribution >= 4 is 0 Å². The van der Waals surface area contributed by atoms with Gasteiger partial charge in [0.25, 0.3) is 0 Å². The lowest BCUT2D eigenvalue weighted by Crippen LogP contribution is -2.19. The normalized spacial score (nSPS) is 16.0. The van der Waals surface area contributed by atoms with Crippen LogP contribution in [0, 0.1) is 5.92 Å². The fourth-order valence-corrected chi connectivity index (χ4v) is 0.917. The van der Waals surface area contributed by atoms with E-state index in [9.17, 15) is 5.11 Å². The van der Waals surface area contributed by atoms with Crippen LogP contribution in [0.2, 0.25) is 0 Å². The Morgan fingerprint density at radius 1 is 1.75 bits per heavy atom. The summed E-state index contributed by atoms with van der Waals surface area (Å²) in [5, 5.41) is 17.4. The number of aryl methyl sites for hydroxylation is 1. The highest BCUT2D eigenvalue weighted by molar-refractivity contribution is 4.98. The highest BCUT2D eigenvalue weighted by Gasteiger charge is 2.17. The van der Waals surface area contributed by atoms with Crippen molar-refractivity contribution < 1.29 is 5.11 Å². The molecular weight excluding hydrogens is 156 g/mol. The molecule has 5 nitrogen and oxygen atoms in total. The molecule has 0 radical (unpaired) electrons. The molecule has 3 N–H and O–H groups in total. The number of nitrogens with two attached hydrogens (primary N) is 1. The van der Waals surface area contributed by atoms with Crippen LogP contribution in [0.5, 0.6) is 0 Å². The lowest BCUT2D eigenvalue weighted by molar-refractivity contribution is 0.117. The molecule has 1 heterocycles. The number of aliphatic hydroxyl groups excluding tert-OH is 1. The van der Waals surface area contributed by atoms with Crippen molar-refractivity contribution in [3.05, 3.63) is 11.9 Å². The summed E-state index contributed by atoms with van der Waals surface area (Å²) in [5.74, 6) is 0.0155. The Hall–Kier alpha value is -0.940. The second-order valence-electron chi connectivity index (χ2n) is 2.92. The van der Waals surface area contributed by atoms with Gasteiger partial charge in [-0.1, -0.05) is 6.92 Å². The van der Waals surface area contributed by atoms with E-state index >= 15 is 0 Å². The Labute approximate surface area is 71.2 Å². The van der Waals surface area contributed by atoms with Crippen molar-refractivity contribution in [3.63, 3.8) is 0 Å². The summed E-state index contributed by atoms with van der Waals surface area (Å²) in [6.45, 7) is 2.32. The average Bonchev–Trinajstić information content (AvgIpc) is 2.49. The summed E-state index contributed by atoms with van der Waals surface area (Å²) < 4.78 is 0. The molecule has 68 valence electrons. The van der Waals surface area contributed by atoms with E-state index in [4.69, 9.17) is 5.73 Å². The van der Waals surface area contributed by atoms with Gasteiger partial charge in [-0.25, -0.2) is 0 Å². The van der Waals surface area contributed by atoms with E-state index in [-0.39, 0.29) is 5.92 Å². The molecule has 0 aromatic carbocycles. The maximum absolute atomic E-state index is 9.61. The molecule has 1 aromatic rings. The van der Waals surface area contributed by atoms with Gasteiger partial charge in [-0.3, -0.25) is 0 Å². The molecule has 2 unspecified atom stereocenters. The maximum atomic E-state index is 9.61. The first-order valence-corrected chi connectivity index (χ1v) is 3.89. The number of rotatable bonds is 3. The quantitative estimate of drug-likeness (QED) is 0.637. The second kappa shape index (κ2) is 3.64. The Bertz CT molecular complexity index is 247. The van der Waals surface area contributed by atoms with E-state index < -0.39 is 6.10 Å². The Kier molecular flexibility index (Phi) is 2.78. The minimum absolute atomic E-state index is 0.0155. The van der Waals surface area contributed by atoms with Gasteiger partial charge in [0, 0.05) is 13.0 Å². The summed E-state index contributed by atoms with van der Waals surface area (Å²) in [5.41, 5.74) is 5.98. The first kappa shape index (κ1) is 9.15. The minimum Gasteiger partial charge on any atom is -0.386 e. The fourth-order valence-electron chi connectivity index (χ4n) is 0.917. The van der Waals surface area contributed by atoms with Crippen molar-refractivity contribution in [1.29, 1.82) is 0 Å². The largest absolute Gasteiger partial charge is 0.386 e. The number of hydrogen-bond donors (Lipinski definition) is 2. The Morgan fingerprint density at radius 2 is 2.42 bits per heavy atom. The SMILES string of the molecule is CC(CN)C(O)c1cnn(C)n1. The zero-order valence-electron chi connectivity index (χ0n) is 7.31. The number of aromatic nitrogens is 3. The summed E-state index contributed by atoms with van der Waals surface area (Å²) >= 11 is 0. The van der Waals surface area contributed by atoms with E-state index in [1.165, 1.54) is 4.80 Å². The number of nitrogens with zero attached hydrogens (tertiary/aromatic N) is 3. The number of hydrogen-bond acceptors (Lipinski definition) is 4. The van der Waals surface area contributed by atoms with Crippen molar-refractivity contribution in [2.75, 3.05) is 6.54 Å². The van der Waals surface area contributed by atoms with Gasteiger partial charge in [-0.15, -0.1) is 0 Å². The van der Waals surface area contributed by atoms with Crippen LogP contribution in [0.1, 0.15) is 18.7 Å². The van der Waals surface area contributed by atoms with Crippen molar-refractivity contribution in [1.82, 2.24) is 15.0 Å². The molecule has 0 aliphatic carbocycles. The minimum atomic E-state index is -0.608. The first-order valence-electron chi connectivity index (χ1n) is 3.89. The van der Waals surface area contributed by atoms with Gasteiger partial charge < -0.3 is 10.8 Å². The third-order valence-corrected chi connectivity index (χ3v) is 1.83.